The summed E-state index contributed by atoms with van der Waals surface area (Å²) in [6, 6.07) is -0.389. The Morgan fingerprint density at radius 1 is 0.853 bits per heavy atom. The number of phosphoric acid groups is 1. The van der Waals surface area contributed by atoms with Crippen LogP contribution in [0.1, 0.15) is 136 Å². The molecule has 0 aromatic carbocycles. The topological polar surface area (TPSA) is 151 Å². The summed E-state index contributed by atoms with van der Waals surface area (Å²) >= 11 is 0. The van der Waals surface area contributed by atoms with E-state index in [1.807, 2.05) is 0 Å². The number of unbranched alkanes of at least 4 members (excludes halogenated alkanes) is 14. The maximum atomic E-state index is 12.2. The second-order valence-electron chi connectivity index (χ2n) is 10.1. The molecule has 0 saturated carbocycles. The van der Waals surface area contributed by atoms with Gasteiger partial charge < -0.3 is 26.4 Å². The van der Waals surface area contributed by atoms with Crippen molar-refractivity contribution in [1.82, 2.24) is 11.5 Å². The van der Waals surface area contributed by atoms with Crippen molar-refractivity contribution < 1.29 is 28.8 Å². The summed E-state index contributed by atoms with van der Waals surface area (Å²) in [5.41, 5.74) is -0.991. The average molecular weight is 511 g/mol. The Hall–Kier alpha value is -0.500. The van der Waals surface area contributed by atoms with Gasteiger partial charge in [-0.25, -0.2) is 4.57 Å². The molecule has 1 unspecified atom stereocenters. The van der Waals surface area contributed by atoms with Crippen molar-refractivity contribution in [2.45, 2.75) is 148 Å². The third-order valence-corrected chi connectivity index (χ3v) is 6.36. The molecule has 206 valence electrons. The van der Waals surface area contributed by atoms with Crippen molar-refractivity contribution in [3.8, 4) is 0 Å². The second-order valence-corrected chi connectivity index (χ2v) is 11.3. The number of aliphatic hydroxyl groups is 1. The molecule has 0 aromatic rings. The van der Waals surface area contributed by atoms with Crippen LogP contribution in [0.2, 0.25) is 0 Å². The van der Waals surface area contributed by atoms with Crippen LogP contribution in [-0.4, -0.2) is 39.1 Å². The van der Waals surface area contributed by atoms with E-state index in [1.54, 1.807) is 13.8 Å². The van der Waals surface area contributed by atoms with E-state index in [0.717, 1.165) is 19.3 Å². The van der Waals surface area contributed by atoms with Crippen LogP contribution in [0, 0.1) is 0 Å². The minimum Gasteiger partial charge on any atom is -0.390 e. The third-order valence-electron chi connectivity index (χ3n) is 5.84. The van der Waals surface area contributed by atoms with Crippen LogP contribution in [0.4, 0.5) is 0 Å². The van der Waals surface area contributed by atoms with Crippen molar-refractivity contribution >= 4 is 13.7 Å². The van der Waals surface area contributed by atoms with Gasteiger partial charge in [-0.15, -0.1) is 0 Å². The number of hydrogen-bond donors (Lipinski definition) is 5. The van der Waals surface area contributed by atoms with Crippen molar-refractivity contribution in [1.29, 1.82) is 0 Å². The van der Waals surface area contributed by atoms with Crippen LogP contribution in [0.15, 0.2) is 0 Å². The molecular formula is C25H55N2O6P. The Bertz CT molecular complexity index is 522. The van der Waals surface area contributed by atoms with Gasteiger partial charge in [-0.1, -0.05) is 96.8 Å². The zero-order valence-corrected chi connectivity index (χ0v) is 23.1. The number of hydrogen-bond acceptors (Lipinski definition) is 5. The number of carbonyl (C=O) groups is 1. The third kappa shape index (κ3) is 27.7. The smallest absolute Gasteiger partial charge is 0.390 e. The largest absolute Gasteiger partial charge is 0.469 e. The molecule has 1 amide bonds. The Balaban J connectivity index is 0. The van der Waals surface area contributed by atoms with Gasteiger partial charge in [0.2, 0.25) is 5.91 Å². The summed E-state index contributed by atoms with van der Waals surface area (Å²) in [4.78, 5) is 29.8. The molecule has 0 saturated heterocycles. The fourth-order valence-electron chi connectivity index (χ4n) is 4.10. The van der Waals surface area contributed by atoms with E-state index < -0.39 is 13.4 Å². The van der Waals surface area contributed by atoms with Crippen molar-refractivity contribution in [2.24, 2.45) is 0 Å². The molecule has 0 fully saturated rings. The highest BCUT2D eigenvalue weighted by atomic mass is 31.2. The summed E-state index contributed by atoms with van der Waals surface area (Å²) < 4.78 is 15.3. The van der Waals surface area contributed by atoms with Crippen LogP contribution < -0.4 is 11.5 Å². The maximum Gasteiger partial charge on any atom is 0.469 e. The lowest BCUT2D eigenvalue weighted by Crippen LogP contribution is -2.40. The highest BCUT2D eigenvalue weighted by Crippen LogP contribution is 2.36. The molecule has 0 heterocycles. The monoisotopic (exact) mass is 510 g/mol. The molecule has 0 aromatic heterocycles. The first kappa shape index (κ1) is 35.7. The number of nitrogens with one attached hydrogen (secondary N) is 1. The van der Waals surface area contributed by atoms with Gasteiger partial charge in [0.15, 0.2) is 0 Å². The van der Waals surface area contributed by atoms with E-state index in [-0.39, 0.29) is 31.1 Å². The molecule has 8 nitrogen and oxygen atoms in total. The number of amides is 1. The van der Waals surface area contributed by atoms with Crippen LogP contribution in [-0.2, 0) is 13.9 Å². The SMILES string of the molecule is CCCCCCCCCCCCCCCCCC(=O)NC(CCOP(=O)(O)O)CC(C)(C)O.N. The number of carbonyl (C=O) groups excluding carboxylic acids is 1. The van der Waals surface area contributed by atoms with E-state index in [9.17, 15) is 14.5 Å². The fraction of sp³-hybridized carbons (Fsp3) is 0.960. The van der Waals surface area contributed by atoms with Crippen molar-refractivity contribution in [3.63, 3.8) is 0 Å². The molecule has 0 rings (SSSR count). The van der Waals surface area contributed by atoms with Gasteiger partial charge in [-0.05, 0) is 33.1 Å². The summed E-state index contributed by atoms with van der Waals surface area (Å²) in [5, 5.41) is 12.9. The molecule has 0 bridgehead atoms. The van der Waals surface area contributed by atoms with Gasteiger partial charge in [0.1, 0.15) is 0 Å². The lowest BCUT2D eigenvalue weighted by atomic mass is 9.97. The normalized spacial score (nSPS) is 12.9. The molecule has 0 aliphatic rings. The predicted molar refractivity (Wildman–Crippen MR) is 140 cm³/mol. The van der Waals surface area contributed by atoms with E-state index in [2.05, 4.69) is 16.8 Å². The van der Waals surface area contributed by atoms with E-state index in [0.29, 0.717) is 12.8 Å². The first-order valence-electron chi connectivity index (χ1n) is 13.3. The van der Waals surface area contributed by atoms with Crippen LogP contribution in [0.3, 0.4) is 0 Å². The quantitative estimate of drug-likeness (QED) is 0.0771. The van der Waals surface area contributed by atoms with Crippen LogP contribution in [0.25, 0.3) is 0 Å². The van der Waals surface area contributed by atoms with Gasteiger partial charge in [-0.2, -0.15) is 0 Å². The molecule has 1 atom stereocenters. The molecule has 9 heteroatoms. The molecule has 0 spiro atoms. The fourth-order valence-corrected chi connectivity index (χ4v) is 4.44. The molecule has 0 aliphatic heterocycles. The summed E-state index contributed by atoms with van der Waals surface area (Å²) in [6.07, 6.45) is 20.1. The van der Waals surface area contributed by atoms with Gasteiger partial charge in [0.25, 0.3) is 0 Å². The van der Waals surface area contributed by atoms with Gasteiger partial charge in [-0.3, -0.25) is 9.32 Å². The van der Waals surface area contributed by atoms with Gasteiger partial charge in [0.05, 0.1) is 12.2 Å². The second kappa shape index (κ2) is 21.8. The van der Waals surface area contributed by atoms with Crippen LogP contribution >= 0.6 is 7.82 Å². The average Bonchev–Trinajstić information content (AvgIpc) is 2.68. The first-order valence-corrected chi connectivity index (χ1v) is 14.8. The minimum absolute atomic E-state index is 0. The van der Waals surface area contributed by atoms with E-state index in [4.69, 9.17) is 9.79 Å². The predicted octanol–water partition coefficient (Wildman–Crippen LogP) is 6.56. The standard InChI is InChI=1S/C25H52NO6P.H3N/c1-4-5-6-7-8-9-10-11-12-13-14-15-16-17-18-19-24(27)26-23(22-25(2,3)28)20-21-32-33(29,30)31;/h23,28H,4-22H2,1-3H3,(H,26,27)(H2,29,30,31);1H3. The highest BCUT2D eigenvalue weighted by molar-refractivity contribution is 7.46. The number of phosphoric ester groups is 1. The summed E-state index contributed by atoms with van der Waals surface area (Å²) in [7, 11) is -4.53. The molecule has 0 radical (unpaired) electrons. The lowest BCUT2D eigenvalue weighted by molar-refractivity contribution is -0.122. The Kier molecular flexibility index (Phi) is 22.8. The highest BCUT2D eigenvalue weighted by Gasteiger charge is 2.23. The van der Waals surface area contributed by atoms with Gasteiger partial charge >= 0.3 is 7.82 Å². The Morgan fingerprint density at radius 2 is 1.26 bits per heavy atom. The van der Waals surface area contributed by atoms with Gasteiger partial charge in [0, 0.05) is 12.5 Å². The van der Waals surface area contributed by atoms with E-state index in [1.165, 1.54) is 77.0 Å². The lowest BCUT2D eigenvalue weighted by Gasteiger charge is -2.26. The van der Waals surface area contributed by atoms with E-state index >= 15 is 0 Å². The molecular weight excluding hydrogens is 455 g/mol. The van der Waals surface area contributed by atoms with Crippen molar-refractivity contribution in [2.75, 3.05) is 6.61 Å². The Labute approximate surface area is 208 Å². The zero-order chi connectivity index (χ0) is 25.0. The summed E-state index contributed by atoms with van der Waals surface area (Å²) in [5.74, 6) is -0.0878. The Morgan fingerprint density at radius 3 is 1.65 bits per heavy atom. The minimum atomic E-state index is -4.53. The maximum absolute atomic E-state index is 12.2. The molecule has 7 N–H and O–H groups in total. The number of rotatable bonds is 23. The zero-order valence-electron chi connectivity index (χ0n) is 22.2. The first-order chi connectivity index (χ1) is 15.5. The van der Waals surface area contributed by atoms with Crippen LogP contribution in [0.5, 0.6) is 0 Å². The molecule has 34 heavy (non-hydrogen) atoms. The molecule has 0 aliphatic carbocycles. The van der Waals surface area contributed by atoms with Crippen molar-refractivity contribution in [3.05, 3.63) is 0 Å². The summed E-state index contributed by atoms with van der Waals surface area (Å²) in [6.45, 7) is 5.37.